The van der Waals surface area contributed by atoms with Crippen LogP contribution in [0.3, 0.4) is 0 Å². The van der Waals surface area contributed by atoms with Crippen molar-refractivity contribution in [2.24, 2.45) is 0 Å². The van der Waals surface area contributed by atoms with E-state index in [-0.39, 0.29) is 39.6 Å². The Hall–Kier alpha value is -2.57. The lowest BCUT2D eigenvalue weighted by atomic mass is 10.1. The zero-order valence-electron chi connectivity index (χ0n) is 9.20. The molecule has 10 N–H and O–H groups in total. The van der Waals surface area contributed by atoms with E-state index in [1.807, 2.05) is 0 Å². The average Bonchev–Trinajstić information content (AvgIpc) is 2.30. The van der Waals surface area contributed by atoms with Crippen LogP contribution in [0.2, 0.25) is 0 Å². The van der Waals surface area contributed by atoms with Crippen molar-refractivity contribution in [2.75, 3.05) is 28.7 Å². The Morgan fingerprint density at radius 3 is 1.94 bits per heavy atom. The van der Waals surface area contributed by atoms with Crippen LogP contribution in [0.4, 0.5) is 28.4 Å². The quantitative estimate of drug-likeness (QED) is 0.317. The van der Waals surface area contributed by atoms with Gasteiger partial charge in [-0.3, -0.25) is 0 Å². The smallest absolute Gasteiger partial charge is 0.341 e. The van der Waals surface area contributed by atoms with Gasteiger partial charge in [0.1, 0.15) is 5.69 Å². The molecule has 0 amide bonds. The lowest BCUT2D eigenvalue weighted by Gasteiger charge is -2.13. The zero-order chi connectivity index (χ0) is 12.9. The second-order valence-electron chi connectivity index (χ2n) is 3.79. The highest BCUT2D eigenvalue weighted by molar-refractivity contribution is 6.13. The molecule has 0 fully saturated rings. The van der Waals surface area contributed by atoms with Crippen molar-refractivity contribution in [1.82, 2.24) is 0 Å². The van der Waals surface area contributed by atoms with Gasteiger partial charge >= 0.3 is 5.63 Å². The SMILES string of the molecule is Cc1c(N)c2c(N)c(N)c(N)c(N)c2oc1=O. The second-order valence-corrected chi connectivity index (χ2v) is 3.79. The van der Waals surface area contributed by atoms with Gasteiger partial charge in [-0.25, -0.2) is 4.79 Å². The van der Waals surface area contributed by atoms with E-state index in [2.05, 4.69) is 0 Å². The Bertz CT molecular complexity index is 690. The van der Waals surface area contributed by atoms with E-state index < -0.39 is 5.63 Å². The van der Waals surface area contributed by atoms with Gasteiger partial charge in [0.05, 0.1) is 33.7 Å². The van der Waals surface area contributed by atoms with Crippen molar-refractivity contribution in [2.45, 2.75) is 6.92 Å². The predicted octanol–water partition coefficient (Wildman–Crippen LogP) is 0.0124. The summed E-state index contributed by atoms with van der Waals surface area (Å²) < 4.78 is 5.04. The summed E-state index contributed by atoms with van der Waals surface area (Å²) in [5.74, 6) is 0. The van der Waals surface area contributed by atoms with Crippen molar-refractivity contribution in [1.29, 1.82) is 0 Å². The molecule has 90 valence electrons. The minimum atomic E-state index is -0.578. The molecule has 2 aromatic rings. The van der Waals surface area contributed by atoms with Gasteiger partial charge < -0.3 is 33.1 Å². The molecule has 1 aromatic heterocycles. The van der Waals surface area contributed by atoms with Crippen LogP contribution in [0, 0.1) is 6.92 Å². The van der Waals surface area contributed by atoms with Crippen molar-refractivity contribution in [3.63, 3.8) is 0 Å². The topological polar surface area (TPSA) is 160 Å². The van der Waals surface area contributed by atoms with Crippen LogP contribution < -0.4 is 34.3 Å². The van der Waals surface area contributed by atoms with Crippen molar-refractivity contribution < 1.29 is 4.42 Å². The van der Waals surface area contributed by atoms with Gasteiger partial charge in [-0.1, -0.05) is 0 Å². The lowest BCUT2D eigenvalue weighted by molar-refractivity contribution is 0.557. The second kappa shape index (κ2) is 3.21. The molecule has 0 bridgehead atoms. The van der Waals surface area contributed by atoms with Crippen molar-refractivity contribution >= 4 is 39.4 Å². The maximum absolute atomic E-state index is 11.5. The Morgan fingerprint density at radius 2 is 1.35 bits per heavy atom. The van der Waals surface area contributed by atoms with Gasteiger partial charge in [-0.05, 0) is 6.92 Å². The molecule has 0 atom stereocenters. The molecule has 17 heavy (non-hydrogen) atoms. The van der Waals surface area contributed by atoms with Crippen molar-refractivity contribution in [3.8, 4) is 0 Å². The van der Waals surface area contributed by atoms with E-state index >= 15 is 0 Å². The fourth-order valence-electron chi connectivity index (χ4n) is 1.64. The van der Waals surface area contributed by atoms with Gasteiger partial charge in [0.15, 0.2) is 5.58 Å². The minimum absolute atomic E-state index is 0.0653. The van der Waals surface area contributed by atoms with E-state index in [1.165, 1.54) is 6.92 Å². The van der Waals surface area contributed by atoms with E-state index in [1.54, 1.807) is 0 Å². The fourth-order valence-corrected chi connectivity index (χ4v) is 1.64. The number of benzene rings is 1. The normalized spacial score (nSPS) is 10.9. The van der Waals surface area contributed by atoms with Gasteiger partial charge in [0, 0.05) is 0 Å². The molecule has 0 unspecified atom stereocenters. The maximum Gasteiger partial charge on any atom is 0.341 e. The van der Waals surface area contributed by atoms with Gasteiger partial charge in [-0.15, -0.1) is 0 Å². The highest BCUT2D eigenvalue weighted by Crippen LogP contribution is 2.40. The van der Waals surface area contributed by atoms with Crippen LogP contribution in [0.25, 0.3) is 11.0 Å². The minimum Gasteiger partial charge on any atom is -0.420 e. The van der Waals surface area contributed by atoms with Crippen LogP contribution in [0.5, 0.6) is 0 Å². The number of hydrogen-bond acceptors (Lipinski definition) is 7. The highest BCUT2D eigenvalue weighted by atomic mass is 16.4. The molecule has 7 heteroatoms. The largest absolute Gasteiger partial charge is 0.420 e. The summed E-state index contributed by atoms with van der Waals surface area (Å²) in [7, 11) is 0. The van der Waals surface area contributed by atoms with E-state index in [0.29, 0.717) is 5.39 Å². The summed E-state index contributed by atoms with van der Waals surface area (Å²) in [6, 6.07) is 0. The number of anilines is 5. The summed E-state index contributed by atoms with van der Waals surface area (Å²) in [6.45, 7) is 1.53. The number of nitrogen functional groups attached to an aromatic ring is 5. The van der Waals surface area contributed by atoms with Crippen LogP contribution in [0.1, 0.15) is 5.56 Å². The monoisotopic (exact) mass is 235 g/mol. The maximum atomic E-state index is 11.5. The number of fused-ring (bicyclic) bond motifs is 1. The molecule has 1 heterocycles. The van der Waals surface area contributed by atoms with Gasteiger partial charge in [-0.2, -0.15) is 0 Å². The molecule has 0 aliphatic rings. The third-order valence-electron chi connectivity index (χ3n) is 2.79. The molecule has 0 aliphatic carbocycles. The summed E-state index contributed by atoms with van der Waals surface area (Å²) in [5, 5.41) is 0.325. The Labute approximate surface area is 96.1 Å². The summed E-state index contributed by atoms with van der Waals surface area (Å²) in [4.78, 5) is 11.5. The Balaban J connectivity index is 3.18. The third kappa shape index (κ3) is 1.25. The lowest BCUT2D eigenvalue weighted by Crippen LogP contribution is -2.12. The van der Waals surface area contributed by atoms with Crippen molar-refractivity contribution in [3.05, 3.63) is 16.0 Å². The molecule has 0 spiro atoms. The molecular weight excluding hydrogens is 222 g/mol. The highest BCUT2D eigenvalue weighted by Gasteiger charge is 2.18. The molecule has 0 saturated heterocycles. The first-order valence-corrected chi connectivity index (χ1v) is 4.81. The standard InChI is InChI=1S/C10H13N5O2/c1-2-4(11)3-5(12)6(13)7(14)8(15)9(3)17-10(2)16/h11-15H2,1H3. The zero-order valence-corrected chi connectivity index (χ0v) is 9.20. The molecule has 0 aliphatic heterocycles. The molecule has 0 saturated carbocycles. The van der Waals surface area contributed by atoms with Gasteiger partial charge in [0.2, 0.25) is 0 Å². The third-order valence-corrected chi connectivity index (χ3v) is 2.79. The number of hydrogen-bond donors (Lipinski definition) is 5. The first kappa shape index (κ1) is 10.9. The van der Waals surface area contributed by atoms with E-state index in [0.717, 1.165) is 0 Å². The molecule has 1 aromatic carbocycles. The van der Waals surface area contributed by atoms with E-state index in [9.17, 15) is 4.79 Å². The number of rotatable bonds is 0. The van der Waals surface area contributed by atoms with Crippen LogP contribution in [-0.2, 0) is 0 Å². The average molecular weight is 235 g/mol. The Kier molecular flexibility index (Phi) is 2.06. The van der Waals surface area contributed by atoms with Gasteiger partial charge in [0.25, 0.3) is 0 Å². The van der Waals surface area contributed by atoms with E-state index in [4.69, 9.17) is 33.1 Å². The number of nitrogens with two attached hydrogens (primary N) is 5. The summed E-state index contributed by atoms with van der Waals surface area (Å²) in [5.41, 5.74) is 29.1. The van der Waals surface area contributed by atoms with Crippen LogP contribution in [-0.4, -0.2) is 0 Å². The predicted molar refractivity (Wildman–Crippen MR) is 69.3 cm³/mol. The molecule has 2 rings (SSSR count). The Morgan fingerprint density at radius 1 is 0.824 bits per heavy atom. The van der Waals surface area contributed by atoms with Crippen LogP contribution in [0.15, 0.2) is 9.21 Å². The fraction of sp³-hybridized carbons (Fsp3) is 0.100. The molecule has 0 radical (unpaired) electrons. The summed E-state index contributed by atoms with van der Waals surface area (Å²) in [6.07, 6.45) is 0. The summed E-state index contributed by atoms with van der Waals surface area (Å²) >= 11 is 0. The first-order chi connectivity index (χ1) is 7.86. The van der Waals surface area contributed by atoms with Crippen LogP contribution >= 0.6 is 0 Å². The first-order valence-electron chi connectivity index (χ1n) is 4.81. The molecular formula is C10H13N5O2. The molecule has 7 nitrogen and oxygen atoms in total.